The molecule has 156 valence electrons. The number of hydrogen-bond donors (Lipinski definition) is 1. The first kappa shape index (κ1) is 21.1. The molecule has 0 bridgehead atoms. The second-order valence-electron chi connectivity index (χ2n) is 7.78. The monoisotopic (exact) mass is 397 g/mol. The molecule has 3 rings (SSSR count). The summed E-state index contributed by atoms with van der Waals surface area (Å²) in [4.78, 5) is 19.2. The van der Waals surface area contributed by atoms with Gasteiger partial charge in [-0.3, -0.25) is 4.79 Å². The molecule has 0 radical (unpaired) electrons. The van der Waals surface area contributed by atoms with Gasteiger partial charge in [0, 0.05) is 25.8 Å². The molecule has 29 heavy (non-hydrogen) atoms. The highest BCUT2D eigenvalue weighted by atomic mass is 16.5. The van der Waals surface area contributed by atoms with Gasteiger partial charge in [0.2, 0.25) is 0 Å². The SMILES string of the molecule is Cc1ccc(C(C)C)cc1O[C@H](C)C(=O)NCc1ccc(N2CCOCC2)nc1. The first-order valence-electron chi connectivity index (χ1n) is 10.3. The molecule has 0 unspecified atom stereocenters. The number of morpholine rings is 1. The molecule has 0 saturated carbocycles. The molecule has 1 N–H and O–H groups in total. The molecule has 1 fully saturated rings. The van der Waals surface area contributed by atoms with Crippen molar-refractivity contribution >= 4 is 11.7 Å². The summed E-state index contributed by atoms with van der Waals surface area (Å²) in [5.41, 5.74) is 3.18. The van der Waals surface area contributed by atoms with Gasteiger partial charge < -0.3 is 19.7 Å². The Morgan fingerprint density at radius 1 is 1.21 bits per heavy atom. The van der Waals surface area contributed by atoms with Crippen LogP contribution in [0.3, 0.4) is 0 Å². The van der Waals surface area contributed by atoms with Crippen molar-refractivity contribution in [2.24, 2.45) is 0 Å². The Labute approximate surface area is 173 Å². The third-order valence-electron chi connectivity index (χ3n) is 5.16. The van der Waals surface area contributed by atoms with Gasteiger partial charge in [0.25, 0.3) is 5.91 Å². The van der Waals surface area contributed by atoms with E-state index in [1.54, 1.807) is 6.92 Å². The van der Waals surface area contributed by atoms with Crippen molar-refractivity contribution in [1.82, 2.24) is 10.3 Å². The van der Waals surface area contributed by atoms with Gasteiger partial charge in [-0.15, -0.1) is 0 Å². The molecule has 1 aromatic carbocycles. The number of ether oxygens (including phenoxy) is 2. The van der Waals surface area contributed by atoms with Gasteiger partial charge in [0.05, 0.1) is 13.2 Å². The average Bonchev–Trinajstić information content (AvgIpc) is 2.74. The molecule has 1 aliphatic rings. The summed E-state index contributed by atoms with van der Waals surface area (Å²) in [7, 11) is 0. The second kappa shape index (κ2) is 9.74. The van der Waals surface area contributed by atoms with Gasteiger partial charge in [0.15, 0.2) is 6.10 Å². The van der Waals surface area contributed by atoms with Gasteiger partial charge in [0.1, 0.15) is 11.6 Å². The lowest BCUT2D eigenvalue weighted by Gasteiger charge is -2.27. The molecule has 1 aromatic heterocycles. The van der Waals surface area contributed by atoms with E-state index in [1.165, 1.54) is 5.56 Å². The zero-order valence-corrected chi connectivity index (χ0v) is 17.8. The van der Waals surface area contributed by atoms with E-state index in [4.69, 9.17) is 9.47 Å². The van der Waals surface area contributed by atoms with E-state index in [2.05, 4.69) is 35.1 Å². The third kappa shape index (κ3) is 5.70. The molecular formula is C23H31N3O3. The van der Waals surface area contributed by atoms with E-state index in [1.807, 2.05) is 37.4 Å². The Bertz CT molecular complexity index is 815. The summed E-state index contributed by atoms with van der Waals surface area (Å²) in [6, 6.07) is 10.2. The molecule has 1 saturated heterocycles. The maximum Gasteiger partial charge on any atom is 0.261 e. The Hall–Kier alpha value is -2.60. The van der Waals surface area contributed by atoms with Crippen LogP contribution in [0.2, 0.25) is 0 Å². The minimum absolute atomic E-state index is 0.142. The van der Waals surface area contributed by atoms with Gasteiger partial charge in [-0.1, -0.05) is 32.0 Å². The van der Waals surface area contributed by atoms with E-state index >= 15 is 0 Å². The number of nitrogens with one attached hydrogen (secondary N) is 1. The number of benzene rings is 1. The lowest BCUT2D eigenvalue weighted by Crippen LogP contribution is -2.37. The summed E-state index contributed by atoms with van der Waals surface area (Å²) in [6.45, 7) is 11.7. The molecule has 6 heteroatoms. The number of aryl methyl sites for hydroxylation is 1. The van der Waals surface area contributed by atoms with Gasteiger partial charge in [-0.25, -0.2) is 4.98 Å². The van der Waals surface area contributed by atoms with Crippen molar-refractivity contribution in [3.63, 3.8) is 0 Å². The van der Waals surface area contributed by atoms with Crippen LogP contribution in [-0.2, 0) is 16.1 Å². The predicted octanol–water partition coefficient (Wildman–Crippen LogP) is 3.43. The Morgan fingerprint density at radius 3 is 2.62 bits per heavy atom. The fraction of sp³-hybridized carbons (Fsp3) is 0.478. The number of carbonyl (C=O) groups is 1. The van der Waals surface area contributed by atoms with Gasteiger partial charge in [-0.05, 0) is 48.6 Å². The van der Waals surface area contributed by atoms with Crippen LogP contribution in [0.15, 0.2) is 36.5 Å². The molecule has 0 spiro atoms. The third-order valence-corrected chi connectivity index (χ3v) is 5.16. The van der Waals surface area contributed by atoms with Gasteiger partial charge >= 0.3 is 0 Å². The standard InChI is InChI=1S/C23H31N3O3/c1-16(2)20-7-5-17(3)21(13-20)29-18(4)23(27)25-15-19-6-8-22(24-14-19)26-9-11-28-12-10-26/h5-8,13-14,16,18H,9-12,15H2,1-4H3,(H,25,27)/t18-/m1/s1. The van der Waals surface area contributed by atoms with Crippen LogP contribution in [0.4, 0.5) is 5.82 Å². The Kier molecular flexibility index (Phi) is 7.09. The lowest BCUT2D eigenvalue weighted by molar-refractivity contribution is -0.127. The predicted molar refractivity (Wildman–Crippen MR) is 114 cm³/mol. The van der Waals surface area contributed by atoms with E-state index in [-0.39, 0.29) is 5.91 Å². The highest BCUT2D eigenvalue weighted by Crippen LogP contribution is 2.25. The highest BCUT2D eigenvalue weighted by molar-refractivity contribution is 5.80. The van der Waals surface area contributed by atoms with Crippen molar-refractivity contribution in [3.8, 4) is 5.75 Å². The normalized spacial score (nSPS) is 15.3. The van der Waals surface area contributed by atoms with E-state index < -0.39 is 6.10 Å². The molecule has 1 aliphatic heterocycles. The molecule has 6 nitrogen and oxygen atoms in total. The first-order chi connectivity index (χ1) is 13.9. The fourth-order valence-electron chi connectivity index (χ4n) is 3.18. The zero-order valence-electron chi connectivity index (χ0n) is 17.8. The lowest BCUT2D eigenvalue weighted by atomic mass is 10.0. The zero-order chi connectivity index (χ0) is 20.8. The minimum atomic E-state index is -0.573. The van der Waals surface area contributed by atoms with Gasteiger partial charge in [-0.2, -0.15) is 0 Å². The largest absolute Gasteiger partial charge is 0.481 e. The van der Waals surface area contributed by atoms with Crippen molar-refractivity contribution < 1.29 is 14.3 Å². The quantitative estimate of drug-likeness (QED) is 0.775. The number of rotatable bonds is 7. The van der Waals surface area contributed by atoms with Crippen LogP contribution in [0.5, 0.6) is 5.75 Å². The summed E-state index contributed by atoms with van der Waals surface area (Å²) in [5, 5.41) is 2.94. The van der Waals surface area contributed by atoms with Crippen molar-refractivity contribution in [2.75, 3.05) is 31.2 Å². The van der Waals surface area contributed by atoms with Crippen LogP contribution in [0.25, 0.3) is 0 Å². The van der Waals surface area contributed by atoms with E-state index in [0.29, 0.717) is 12.5 Å². The van der Waals surface area contributed by atoms with Crippen molar-refractivity contribution in [1.29, 1.82) is 0 Å². The van der Waals surface area contributed by atoms with E-state index in [0.717, 1.165) is 49.0 Å². The Morgan fingerprint density at radius 2 is 1.97 bits per heavy atom. The van der Waals surface area contributed by atoms with Crippen molar-refractivity contribution in [3.05, 3.63) is 53.2 Å². The van der Waals surface area contributed by atoms with Crippen LogP contribution < -0.4 is 15.0 Å². The minimum Gasteiger partial charge on any atom is -0.481 e. The summed E-state index contributed by atoms with van der Waals surface area (Å²) < 4.78 is 11.3. The smallest absolute Gasteiger partial charge is 0.261 e. The molecule has 1 atom stereocenters. The first-order valence-corrected chi connectivity index (χ1v) is 10.3. The number of nitrogens with zero attached hydrogens (tertiary/aromatic N) is 2. The maximum atomic E-state index is 12.5. The average molecular weight is 398 g/mol. The topological polar surface area (TPSA) is 63.7 Å². The molecule has 2 heterocycles. The number of hydrogen-bond acceptors (Lipinski definition) is 5. The van der Waals surface area contributed by atoms with E-state index in [9.17, 15) is 4.79 Å². The summed E-state index contributed by atoms with van der Waals surface area (Å²) in [5.74, 6) is 1.97. The number of aromatic nitrogens is 1. The number of anilines is 1. The summed E-state index contributed by atoms with van der Waals surface area (Å²) >= 11 is 0. The Balaban J connectivity index is 1.53. The molecule has 2 aromatic rings. The van der Waals surface area contributed by atoms with Crippen molar-refractivity contribution in [2.45, 2.75) is 46.3 Å². The maximum absolute atomic E-state index is 12.5. The molecule has 1 amide bonds. The van der Waals surface area contributed by atoms with Crippen LogP contribution in [-0.4, -0.2) is 43.3 Å². The number of amides is 1. The fourth-order valence-corrected chi connectivity index (χ4v) is 3.18. The number of carbonyl (C=O) groups excluding carboxylic acids is 1. The highest BCUT2D eigenvalue weighted by Gasteiger charge is 2.17. The van der Waals surface area contributed by atoms with Crippen LogP contribution in [0, 0.1) is 6.92 Å². The molecular weight excluding hydrogens is 366 g/mol. The van der Waals surface area contributed by atoms with Crippen LogP contribution >= 0.6 is 0 Å². The summed E-state index contributed by atoms with van der Waals surface area (Å²) in [6.07, 6.45) is 1.24. The van der Waals surface area contributed by atoms with Crippen LogP contribution in [0.1, 0.15) is 43.4 Å². The number of pyridine rings is 1. The molecule has 0 aliphatic carbocycles. The second-order valence-corrected chi connectivity index (χ2v) is 7.78.